The fraction of sp³-hybridized carbons (Fsp3) is 0.214. The fourth-order valence-corrected chi connectivity index (χ4v) is 1.65. The van der Waals surface area contributed by atoms with Crippen LogP contribution in [0.25, 0.3) is 6.08 Å². The summed E-state index contributed by atoms with van der Waals surface area (Å²) in [6, 6.07) is 3.74. The van der Waals surface area contributed by atoms with Gasteiger partial charge in [-0.2, -0.15) is 0 Å². The van der Waals surface area contributed by atoms with Gasteiger partial charge in [-0.25, -0.2) is 0 Å². The molecule has 0 spiro atoms. The first kappa shape index (κ1) is 12.2. The Morgan fingerprint density at radius 3 is 2.78 bits per heavy atom. The fourth-order valence-electron chi connectivity index (χ4n) is 1.65. The topological polar surface area (TPSA) is 55.4 Å². The molecule has 2 aromatic heterocycles. The summed E-state index contributed by atoms with van der Waals surface area (Å²) in [6.45, 7) is 1.95. The third kappa shape index (κ3) is 3.66. The molecule has 0 aliphatic carbocycles. The van der Waals surface area contributed by atoms with Crippen molar-refractivity contribution in [2.45, 2.75) is 19.4 Å². The number of nitrogens with one attached hydrogen (secondary N) is 1. The predicted molar refractivity (Wildman–Crippen MR) is 67.8 cm³/mol. The summed E-state index contributed by atoms with van der Waals surface area (Å²) in [5.74, 6) is -0.118. The maximum Gasteiger partial charge on any atom is 0.244 e. The number of hydrogen-bond acceptors (Lipinski definition) is 3. The molecule has 0 aromatic carbocycles. The molecule has 0 saturated heterocycles. The van der Waals surface area contributed by atoms with Gasteiger partial charge in [0.2, 0.25) is 5.91 Å². The summed E-state index contributed by atoms with van der Waals surface area (Å²) in [6.07, 6.45) is 10.4. The maximum atomic E-state index is 11.6. The van der Waals surface area contributed by atoms with Crippen molar-refractivity contribution < 1.29 is 13.6 Å². The summed E-state index contributed by atoms with van der Waals surface area (Å²) in [5, 5.41) is 2.88. The van der Waals surface area contributed by atoms with Crippen LogP contribution in [0, 0.1) is 0 Å². The van der Waals surface area contributed by atoms with Gasteiger partial charge in [-0.05, 0) is 37.1 Å². The van der Waals surface area contributed by atoms with Crippen molar-refractivity contribution >= 4 is 12.0 Å². The minimum absolute atomic E-state index is 0.0594. The van der Waals surface area contributed by atoms with E-state index in [0.717, 1.165) is 17.5 Å². The number of amides is 1. The van der Waals surface area contributed by atoms with E-state index in [-0.39, 0.29) is 11.9 Å². The Hall–Kier alpha value is -2.23. The molecule has 2 heterocycles. The molecule has 2 rings (SSSR count). The first-order valence-electron chi connectivity index (χ1n) is 5.76. The zero-order valence-corrected chi connectivity index (χ0v) is 10.1. The monoisotopic (exact) mass is 245 g/mol. The quantitative estimate of drug-likeness (QED) is 0.824. The first-order chi connectivity index (χ1) is 8.74. The molecule has 1 amide bonds. The molecule has 0 aliphatic heterocycles. The molecule has 0 aliphatic rings. The van der Waals surface area contributed by atoms with Crippen LogP contribution in [0.4, 0.5) is 0 Å². The van der Waals surface area contributed by atoms with Gasteiger partial charge in [0.15, 0.2) is 0 Å². The second-order valence-electron chi connectivity index (χ2n) is 4.14. The van der Waals surface area contributed by atoms with E-state index in [0.29, 0.717) is 0 Å². The summed E-state index contributed by atoms with van der Waals surface area (Å²) >= 11 is 0. The minimum atomic E-state index is -0.118. The maximum absolute atomic E-state index is 11.6. The Labute approximate surface area is 105 Å². The highest BCUT2D eigenvalue weighted by molar-refractivity contribution is 5.91. The van der Waals surface area contributed by atoms with Crippen LogP contribution in [0.3, 0.4) is 0 Å². The Morgan fingerprint density at radius 1 is 1.33 bits per heavy atom. The lowest BCUT2D eigenvalue weighted by Gasteiger charge is -2.10. The van der Waals surface area contributed by atoms with Crippen molar-refractivity contribution in [3.8, 4) is 0 Å². The Morgan fingerprint density at radius 2 is 2.11 bits per heavy atom. The molecule has 0 unspecified atom stereocenters. The molecule has 18 heavy (non-hydrogen) atoms. The summed E-state index contributed by atoms with van der Waals surface area (Å²) in [4.78, 5) is 11.6. The van der Waals surface area contributed by atoms with Gasteiger partial charge in [0.1, 0.15) is 0 Å². The van der Waals surface area contributed by atoms with E-state index in [9.17, 15) is 4.79 Å². The molecule has 0 bridgehead atoms. The number of furan rings is 2. The van der Waals surface area contributed by atoms with Crippen LogP contribution in [0.1, 0.15) is 18.1 Å². The smallest absolute Gasteiger partial charge is 0.244 e. The zero-order valence-electron chi connectivity index (χ0n) is 10.1. The van der Waals surface area contributed by atoms with Gasteiger partial charge in [-0.3, -0.25) is 4.79 Å². The largest absolute Gasteiger partial charge is 0.472 e. The van der Waals surface area contributed by atoms with Gasteiger partial charge in [-0.1, -0.05) is 0 Å². The van der Waals surface area contributed by atoms with Crippen molar-refractivity contribution in [2.75, 3.05) is 0 Å². The van der Waals surface area contributed by atoms with Gasteiger partial charge in [0.05, 0.1) is 25.1 Å². The van der Waals surface area contributed by atoms with E-state index in [2.05, 4.69) is 5.32 Å². The van der Waals surface area contributed by atoms with Crippen molar-refractivity contribution in [2.24, 2.45) is 0 Å². The van der Waals surface area contributed by atoms with E-state index in [1.54, 1.807) is 37.2 Å². The molecule has 1 atom stereocenters. The number of hydrogen-bond donors (Lipinski definition) is 1. The highest BCUT2D eigenvalue weighted by atomic mass is 16.3. The first-order valence-corrected chi connectivity index (χ1v) is 5.76. The van der Waals surface area contributed by atoms with Crippen LogP contribution in [0.5, 0.6) is 0 Å². The molecule has 4 heteroatoms. The molecule has 94 valence electrons. The van der Waals surface area contributed by atoms with Crippen LogP contribution in [0.2, 0.25) is 0 Å². The van der Waals surface area contributed by atoms with Gasteiger partial charge in [0.25, 0.3) is 0 Å². The highest BCUT2D eigenvalue weighted by Crippen LogP contribution is 2.04. The second kappa shape index (κ2) is 5.91. The third-order valence-electron chi connectivity index (χ3n) is 2.48. The molecule has 4 nitrogen and oxygen atoms in total. The zero-order chi connectivity index (χ0) is 12.8. The highest BCUT2D eigenvalue weighted by Gasteiger charge is 2.06. The average Bonchev–Trinajstić information content (AvgIpc) is 2.98. The van der Waals surface area contributed by atoms with Crippen LogP contribution < -0.4 is 5.32 Å². The van der Waals surface area contributed by atoms with E-state index >= 15 is 0 Å². The Kier molecular flexibility index (Phi) is 4.02. The van der Waals surface area contributed by atoms with Crippen LogP contribution >= 0.6 is 0 Å². The molecule has 1 N–H and O–H groups in total. The Bertz CT molecular complexity index is 497. The van der Waals surface area contributed by atoms with Crippen LogP contribution in [0.15, 0.2) is 52.1 Å². The lowest BCUT2D eigenvalue weighted by atomic mass is 10.1. The molecule has 0 saturated carbocycles. The average molecular weight is 245 g/mol. The summed E-state index contributed by atoms with van der Waals surface area (Å²) < 4.78 is 9.88. The SMILES string of the molecule is C[C@@H](Cc1ccoc1)NC(=O)/C=C/c1ccoc1. The van der Waals surface area contributed by atoms with E-state index < -0.39 is 0 Å². The van der Waals surface area contributed by atoms with E-state index in [4.69, 9.17) is 8.83 Å². The van der Waals surface area contributed by atoms with Crippen molar-refractivity contribution in [3.63, 3.8) is 0 Å². The molecule has 2 aromatic rings. The minimum Gasteiger partial charge on any atom is -0.472 e. The van der Waals surface area contributed by atoms with Crippen LogP contribution in [-0.2, 0) is 11.2 Å². The van der Waals surface area contributed by atoms with Crippen LogP contribution in [-0.4, -0.2) is 11.9 Å². The van der Waals surface area contributed by atoms with Crippen molar-refractivity contribution in [1.29, 1.82) is 0 Å². The normalized spacial score (nSPS) is 12.7. The second-order valence-corrected chi connectivity index (χ2v) is 4.14. The van der Waals surface area contributed by atoms with Gasteiger partial charge in [-0.15, -0.1) is 0 Å². The van der Waals surface area contributed by atoms with Gasteiger partial charge in [0, 0.05) is 17.7 Å². The summed E-state index contributed by atoms with van der Waals surface area (Å²) in [7, 11) is 0. The number of carbonyl (C=O) groups is 1. The molecular formula is C14H15NO3. The van der Waals surface area contributed by atoms with Crippen molar-refractivity contribution in [1.82, 2.24) is 5.32 Å². The van der Waals surface area contributed by atoms with Crippen molar-refractivity contribution in [3.05, 3.63) is 54.4 Å². The van der Waals surface area contributed by atoms with Gasteiger partial charge < -0.3 is 14.2 Å². The van der Waals surface area contributed by atoms with Gasteiger partial charge >= 0.3 is 0 Å². The molecule has 0 fully saturated rings. The number of carbonyl (C=O) groups excluding carboxylic acids is 1. The third-order valence-corrected chi connectivity index (χ3v) is 2.48. The van der Waals surface area contributed by atoms with E-state index in [1.165, 1.54) is 6.08 Å². The number of rotatable bonds is 5. The Balaban J connectivity index is 1.80. The lowest BCUT2D eigenvalue weighted by molar-refractivity contribution is -0.117. The van der Waals surface area contributed by atoms with E-state index in [1.807, 2.05) is 13.0 Å². The predicted octanol–water partition coefficient (Wildman–Crippen LogP) is 2.63. The standard InChI is InChI=1S/C14H15NO3/c1-11(8-13-5-7-18-10-13)15-14(16)3-2-12-4-6-17-9-12/h2-7,9-11H,8H2,1H3,(H,15,16)/b3-2+/t11-/m0/s1. The molecule has 0 radical (unpaired) electrons. The summed E-state index contributed by atoms with van der Waals surface area (Å²) in [5.41, 5.74) is 1.94. The lowest BCUT2D eigenvalue weighted by Crippen LogP contribution is -2.32. The molecular weight excluding hydrogens is 230 g/mol.